The molecule has 0 unspecified atom stereocenters. The van der Waals surface area contributed by atoms with E-state index in [2.05, 4.69) is 0 Å². The van der Waals surface area contributed by atoms with Crippen LogP contribution in [0.1, 0.15) is 25.7 Å². The first-order chi connectivity index (χ1) is 7.50. The van der Waals surface area contributed by atoms with E-state index in [0.717, 1.165) is 21.0 Å². The van der Waals surface area contributed by atoms with E-state index in [1.54, 1.807) is 6.07 Å². The summed E-state index contributed by atoms with van der Waals surface area (Å²) in [4.78, 5) is 21.8. The molecule has 5 heteroatoms. The van der Waals surface area contributed by atoms with Gasteiger partial charge in [-0.3, -0.25) is 9.59 Å². The molecule has 1 rings (SSSR count). The average Bonchev–Trinajstić information content (AvgIpc) is 2.15. The number of ether oxygens (including phenoxy) is 2. The van der Waals surface area contributed by atoms with E-state index in [1.807, 2.05) is 18.2 Å². The van der Waals surface area contributed by atoms with Gasteiger partial charge in [0.1, 0.15) is 0 Å². The second kappa shape index (κ2) is 5.46. The van der Waals surface area contributed by atoms with Crippen LogP contribution in [0, 0.1) is 0 Å². The normalized spacial score (nSPS) is 10.2. The largest absolute Gasteiger partial charge is 0.421 e. The molecule has 1 aromatic rings. The maximum Gasteiger partial charge on any atom is 0.305 e. The summed E-state index contributed by atoms with van der Waals surface area (Å²) in [6.45, 7) is 2.57. The van der Waals surface area contributed by atoms with Crippen LogP contribution in [0.25, 0.3) is 0 Å². The molecular weight excluding hydrogens is 224 g/mol. The number of hydrogen-bond acceptors (Lipinski definition) is 4. The fourth-order valence-corrected chi connectivity index (χ4v) is 1.90. The van der Waals surface area contributed by atoms with Crippen molar-refractivity contribution in [3.63, 3.8) is 0 Å². The van der Waals surface area contributed by atoms with E-state index in [0.29, 0.717) is 0 Å². The van der Waals surface area contributed by atoms with E-state index < -0.39 is 18.2 Å². The van der Waals surface area contributed by atoms with Crippen LogP contribution in [-0.4, -0.2) is 22.2 Å². The van der Waals surface area contributed by atoms with Gasteiger partial charge in [-0.05, 0) is 0 Å². The van der Waals surface area contributed by atoms with Gasteiger partial charge >= 0.3 is 11.9 Å². The molecule has 0 aliphatic heterocycles. The number of carbonyl (C=O) groups excluding carboxylic acids is 2. The number of rotatable bonds is 3. The van der Waals surface area contributed by atoms with Gasteiger partial charge < -0.3 is 9.47 Å². The highest BCUT2D eigenvalue weighted by atomic mass is 28.1. The van der Waals surface area contributed by atoms with Crippen LogP contribution in [0.3, 0.4) is 0 Å². The zero-order chi connectivity index (χ0) is 12.1. The van der Waals surface area contributed by atoms with Crippen LogP contribution < -0.4 is 5.19 Å². The third kappa shape index (κ3) is 3.51. The summed E-state index contributed by atoms with van der Waals surface area (Å²) in [6.07, 6.45) is -0.927. The smallest absolute Gasteiger partial charge is 0.305 e. The third-order valence-corrected chi connectivity index (χ3v) is 2.90. The van der Waals surface area contributed by atoms with Gasteiger partial charge in [0, 0.05) is 29.7 Å². The van der Waals surface area contributed by atoms with E-state index >= 15 is 0 Å². The minimum atomic E-state index is -0.927. The standard InChI is InChI=1S/C11H14O4Si/c1-7(12)14-11(15-8(2)13)9-5-3-4-6-10(9)16/h3-6,11H,1-2,16H3. The number of benzene rings is 1. The molecule has 0 amide bonds. The average molecular weight is 238 g/mol. The zero-order valence-electron chi connectivity index (χ0n) is 9.52. The molecule has 0 saturated heterocycles. The monoisotopic (exact) mass is 238 g/mol. The van der Waals surface area contributed by atoms with Crippen molar-refractivity contribution in [2.45, 2.75) is 20.1 Å². The Kier molecular flexibility index (Phi) is 4.25. The minimum Gasteiger partial charge on any atom is -0.421 e. The molecule has 0 saturated carbocycles. The fourth-order valence-electron chi connectivity index (χ4n) is 1.30. The lowest BCUT2D eigenvalue weighted by Crippen LogP contribution is -2.21. The molecule has 0 heterocycles. The second-order valence-electron chi connectivity index (χ2n) is 3.41. The molecule has 86 valence electrons. The Hall–Kier alpha value is -1.62. The Morgan fingerprint density at radius 2 is 1.62 bits per heavy atom. The topological polar surface area (TPSA) is 52.6 Å². The molecule has 0 N–H and O–H groups in total. The first kappa shape index (κ1) is 12.4. The van der Waals surface area contributed by atoms with E-state index in [-0.39, 0.29) is 0 Å². The Morgan fingerprint density at radius 1 is 1.12 bits per heavy atom. The van der Waals surface area contributed by atoms with E-state index in [4.69, 9.17) is 9.47 Å². The predicted molar refractivity (Wildman–Crippen MR) is 62.3 cm³/mol. The van der Waals surface area contributed by atoms with Gasteiger partial charge in [0.2, 0.25) is 0 Å². The van der Waals surface area contributed by atoms with Crippen molar-refractivity contribution in [1.29, 1.82) is 0 Å². The Bertz CT molecular complexity index is 387. The molecule has 0 fully saturated rings. The molecule has 0 aliphatic carbocycles. The summed E-state index contributed by atoms with van der Waals surface area (Å²) in [5, 5.41) is 1.04. The van der Waals surface area contributed by atoms with E-state index in [9.17, 15) is 9.59 Å². The first-order valence-electron chi connectivity index (χ1n) is 4.90. The summed E-state index contributed by atoms with van der Waals surface area (Å²) >= 11 is 0. The Balaban J connectivity index is 2.96. The Morgan fingerprint density at radius 3 is 2.06 bits per heavy atom. The van der Waals surface area contributed by atoms with Gasteiger partial charge in [0.15, 0.2) is 0 Å². The lowest BCUT2D eigenvalue weighted by Gasteiger charge is -2.18. The van der Waals surface area contributed by atoms with Gasteiger partial charge in [-0.25, -0.2) is 0 Å². The molecule has 0 aromatic heterocycles. The summed E-state index contributed by atoms with van der Waals surface area (Å²) in [6, 6.07) is 7.42. The predicted octanol–water partition coefficient (Wildman–Crippen LogP) is -0.198. The summed E-state index contributed by atoms with van der Waals surface area (Å²) in [7, 11) is 0.792. The van der Waals surface area contributed by atoms with Crippen LogP contribution >= 0.6 is 0 Å². The second-order valence-corrected chi connectivity index (χ2v) is 4.48. The van der Waals surface area contributed by atoms with Crippen LogP contribution in [0.2, 0.25) is 0 Å². The maximum atomic E-state index is 10.9. The van der Waals surface area contributed by atoms with Crippen molar-refractivity contribution in [3.05, 3.63) is 29.8 Å². The molecule has 0 spiro atoms. The van der Waals surface area contributed by atoms with Crippen LogP contribution in [0.4, 0.5) is 0 Å². The summed E-state index contributed by atoms with van der Waals surface area (Å²) in [5.41, 5.74) is 0.736. The molecule has 0 aliphatic rings. The van der Waals surface area contributed by atoms with Crippen molar-refractivity contribution < 1.29 is 19.1 Å². The zero-order valence-corrected chi connectivity index (χ0v) is 11.5. The van der Waals surface area contributed by atoms with Crippen molar-refractivity contribution in [2.24, 2.45) is 0 Å². The molecule has 16 heavy (non-hydrogen) atoms. The van der Waals surface area contributed by atoms with Gasteiger partial charge in [0.05, 0.1) is 0 Å². The van der Waals surface area contributed by atoms with Crippen LogP contribution in [0.5, 0.6) is 0 Å². The quantitative estimate of drug-likeness (QED) is 0.416. The maximum absolute atomic E-state index is 10.9. The lowest BCUT2D eigenvalue weighted by molar-refractivity contribution is -0.186. The van der Waals surface area contributed by atoms with Gasteiger partial charge in [-0.15, -0.1) is 0 Å². The highest BCUT2D eigenvalue weighted by Gasteiger charge is 2.19. The molecule has 4 nitrogen and oxygen atoms in total. The van der Waals surface area contributed by atoms with Gasteiger partial charge in [-0.1, -0.05) is 29.5 Å². The van der Waals surface area contributed by atoms with Crippen molar-refractivity contribution in [3.8, 4) is 0 Å². The van der Waals surface area contributed by atoms with Gasteiger partial charge in [-0.2, -0.15) is 0 Å². The molecule has 1 aromatic carbocycles. The molecule has 0 atom stereocenters. The fraction of sp³-hybridized carbons (Fsp3) is 0.273. The molecule has 0 radical (unpaired) electrons. The van der Waals surface area contributed by atoms with Crippen molar-refractivity contribution in [1.82, 2.24) is 0 Å². The summed E-state index contributed by atoms with van der Waals surface area (Å²) in [5.74, 6) is -0.952. The number of hydrogen-bond donors (Lipinski definition) is 0. The Labute approximate surface area is 97.0 Å². The van der Waals surface area contributed by atoms with E-state index in [1.165, 1.54) is 13.8 Å². The summed E-state index contributed by atoms with van der Waals surface area (Å²) < 4.78 is 9.94. The van der Waals surface area contributed by atoms with Crippen molar-refractivity contribution in [2.75, 3.05) is 0 Å². The lowest BCUT2D eigenvalue weighted by atomic mass is 10.2. The van der Waals surface area contributed by atoms with Crippen molar-refractivity contribution >= 4 is 27.4 Å². The number of esters is 2. The van der Waals surface area contributed by atoms with Crippen LogP contribution in [-0.2, 0) is 19.1 Å². The molecular formula is C11H14O4Si. The third-order valence-electron chi connectivity index (χ3n) is 1.99. The SMILES string of the molecule is CC(=O)OC(OC(C)=O)c1ccccc1[SiH3]. The highest BCUT2D eigenvalue weighted by Crippen LogP contribution is 2.17. The number of carbonyl (C=O) groups is 2. The van der Waals surface area contributed by atoms with Gasteiger partial charge in [0.25, 0.3) is 6.29 Å². The highest BCUT2D eigenvalue weighted by molar-refractivity contribution is 6.33. The molecule has 0 bridgehead atoms. The first-order valence-corrected chi connectivity index (χ1v) is 5.90. The van der Waals surface area contributed by atoms with Crippen LogP contribution in [0.15, 0.2) is 24.3 Å². The minimum absolute atomic E-state index is 0.476.